The minimum atomic E-state index is 0.581. The lowest BCUT2D eigenvalue weighted by atomic mass is 10.3. The van der Waals surface area contributed by atoms with Gasteiger partial charge in [-0.05, 0) is 42.5 Å². The second kappa shape index (κ2) is 5.84. The lowest BCUT2D eigenvalue weighted by molar-refractivity contribution is 0.463. The molecule has 0 unspecified atom stereocenters. The van der Waals surface area contributed by atoms with E-state index in [9.17, 15) is 0 Å². The average molecular weight is 263 g/mol. The van der Waals surface area contributed by atoms with Crippen molar-refractivity contribution in [3.05, 3.63) is 73.1 Å². The molecule has 98 valence electrons. The summed E-state index contributed by atoms with van der Waals surface area (Å²) < 4.78 is 5.63. The Balaban J connectivity index is 1.69. The fourth-order valence-electron chi connectivity index (χ4n) is 1.72. The molecule has 0 amide bonds. The summed E-state index contributed by atoms with van der Waals surface area (Å²) >= 11 is 0. The van der Waals surface area contributed by atoms with Crippen molar-refractivity contribution in [1.29, 1.82) is 0 Å². The highest BCUT2D eigenvalue weighted by atomic mass is 16.5. The number of ether oxygens (including phenoxy) is 1. The van der Waals surface area contributed by atoms with Crippen LogP contribution in [-0.2, 0) is 0 Å². The van der Waals surface area contributed by atoms with Gasteiger partial charge in [0, 0.05) is 24.1 Å². The van der Waals surface area contributed by atoms with Gasteiger partial charge in [-0.15, -0.1) is 0 Å². The molecule has 2 aromatic heterocycles. The molecule has 20 heavy (non-hydrogen) atoms. The highest BCUT2D eigenvalue weighted by Gasteiger charge is 1.99. The first kappa shape index (κ1) is 12.2. The lowest BCUT2D eigenvalue weighted by Crippen LogP contribution is -1.92. The van der Waals surface area contributed by atoms with E-state index in [1.165, 1.54) is 0 Å². The molecule has 0 aliphatic heterocycles. The van der Waals surface area contributed by atoms with Gasteiger partial charge >= 0.3 is 0 Å². The van der Waals surface area contributed by atoms with Gasteiger partial charge in [0.2, 0.25) is 5.88 Å². The molecule has 4 nitrogen and oxygen atoms in total. The number of hydrogen-bond donors (Lipinski definition) is 1. The van der Waals surface area contributed by atoms with Crippen LogP contribution in [0, 0.1) is 0 Å². The van der Waals surface area contributed by atoms with Gasteiger partial charge < -0.3 is 10.1 Å². The van der Waals surface area contributed by atoms with E-state index in [0.717, 1.165) is 17.3 Å². The zero-order chi connectivity index (χ0) is 13.6. The molecule has 3 rings (SSSR count). The van der Waals surface area contributed by atoms with E-state index in [1.54, 1.807) is 12.4 Å². The standard InChI is InChI=1S/C16H13N3O/c1-3-11-17-15(5-1)19-13-7-9-14(10-8-13)20-16-6-2-4-12-18-16/h1-12H,(H,17,19). The number of rotatable bonds is 4. The summed E-state index contributed by atoms with van der Waals surface area (Å²) in [5.74, 6) is 2.14. The summed E-state index contributed by atoms with van der Waals surface area (Å²) in [5.41, 5.74) is 0.956. The summed E-state index contributed by atoms with van der Waals surface area (Å²) in [6.07, 6.45) is 3.45. The Kier molecular flexibility index (Phi) is 3.55. The van der Waals surface area contributed by atoms with E-state index in [-0.39, 0.29) is 0 Å². The van der Waals surface area contributed by atoms with E-state index < -0.39 is 0 Å². The van der Waals surface area contributed by atoms with Crippen molar-refractivity contribution in [2.24, 2.45) is 0 Å². The van der Waals surface area contributed by atoms with Crippen LogP contribution in [0.4, 0.5) is 11.5 Å². The highest BCUT2D eigenvalue weighted by molar-refractivity contribution is 5.56. The fourth-order valence-corrected chi connectivity index (χ4v) is 1.72. The number of benzene rings is 1. The molecule has 0 radical (unpaired) electrons. The van der Waals surface area contributed by atoms with E-state index >= 15 is 0 Å². The van der Waals surface area contributed by atoms with Crippen LogP contribution >= 0.6 is 0 Å². The van der Waals surface area contributed by atoms with Gasteiger partial charge in [-0.3, -0.25) is 0 Å². The molecule has 0 saturated heterocycles. The second-order valence-electron chi connectivity index (χ2n) is 4.13. The SMILES string of the molecule is c1ccc(Nc2ccc(Oc3ccccn3)cc2)nc1. The van der Waals surface area contributed by atoms with E-state index in [0.29, 0.717) is 5.88 Å². The predicted octanol–water partition coefficient (Wildman–Crippen LogP) is 4.01. The molecule has 0 aliphatic carbocycles. The van der Waals surface area contributed by atoms with Crippen LogP contribution < -0.4 is 10.1 Å². The van der Waals surface area contributed by atoms with Gasteiger partial charge in [-0.2, -0.15) is 0 Å². The van der Waals surface area contributed by atoms with Crippen molar-refractivity contribution in [1.82, 2.24) is 9.97 Å². The predicted molar refractivity (Wildman–Crippen MR) is 78.3 cm³/mol. The quantitative estimate of drug-likeness (QED) is 0.772. The van der Waals surface area contributed by atoms with Crippen molar-refractivity contribution in [2.45, 2.75) is 0 Å². The first-order valence-corrected chi connectivity index (χ1v) is 6.27. The molecule has 4 heteroatoms. The number of nitrogens with zero attached hydrogens (tertiary/aromatic N) is 2. The Morgan fingerprint density at radius 3 is 2.15 bits per heavy atom. The monoisotopic (exact) mass is 263 g/mol. The van der Waals surface area contributed by atoms with Crippen LogP contribution in [0.1, 0.15) is 0 Å². The Morgan fingerprint density at radius 2 is 1.50 bits per heavy atom. The summed E-state index contributed by atoms with van der Waals surface area (Å²) in [4.78, 5) is 8.33. The molecule has 2 heterocycles. The number of pyridine rings is 2. The van der Waals surface area contributed by atoms with E-state index in [1.807, 2.05) is 60.7 Å². The second-order valence-corrected chi connectivity index (χ2v) is 4.13. The largest absolute Gasteiger partial charge is 0.439 e. The van der Waals surface area contributed by atoms with Gasteiger partial charge in [0.15, 0.2) is 0 Å². The van der Waals surface area contributed by atoms with E-state index in [4.69, 9.17) is 4.74 Å². The van der Waals surface area contributed by atoms with Crippen molar-refractivity contribution >= 4 is 11.5 Å². The van der Waals surface area contributed by atoms with Gasteiger partial charge in [-0.25, -0.2) is 9.97 Å². The Bertz CT molecular complexity index is 594. The third-order valence-corrected chi connectivity index (χ3v) is 2.65. The molecule has 0 saturated carbocycles. The normalized spacial score (nSPS) is 10.0. The molecule has 0 spiro atoms. The molecule has 0 fully saturated rings. The van der Waals surface area contributed by atoms with Gasteiger partial charge in [0.25, 0.3) is 0 Å². The zero-order valence-electron chi connectivity index (χ0n) is 10.7. The molecule has 1 N–H and O–H groups in total. The Hall–Kier alpha value is -2.88. The van der Waals surface area contributed by atoms with Crippen LogP contribution in [0.5, 0.6) is 11.6 Å². The van der Waals surface area contributed by atoms with Crippen LogP contribution in [-0.4, -0.2) is 9.97 Å². The summed E-state index contributed by atoms with van der Waals surface area (Å²) in [6, 6.07) is 19.0. The van der Waals surface area contributed by atoms with Crippen LogP contribution in [0.25, 0.3) is 0 Å². The topological polar surface area (TPSA) is 47.0 Å². The van der Waals surface area contributed by atoms with Crippen LogP contribution in [0.2, 0.25) is 0 Å². The fraction of sp³-hybridized carbons (Fsp3) is 0. The molecule has 0 bridgehead atoms. The van der Waals surface area contributed by atoms with Crippen molar-refractivity contribution in [3.8, 4) is 11.6 Å². The zero-order valence-corrected chi connectivity index (χ0v) is 10.7. The maximum Gasteiger partial charge on any atom is 0.219 e. The summed E-state index contributed by atoms with van der Waals surface area (Å²) in [7, 11) is 0. The summed E-state index contributed by atoms with van der Waals surface area (Å²) in [6.45, 7) is 0. The van der Waals surface area contributed by atoms with Crippen molar-refractivity contribution < 1.29 is 4.74 Å². The number of aromatic nitrogens is 2. The van der Waals surface area contributed by atoms with Crippen molar-refractivity contribution in [2.75, 3.05) is 5.32 Å². The minimum absolute atomic E-state index is 0.581. The average Bonchev–Trinajstić information content (AvgIpc) is 2.51. The van der Waals surface area contributed by atoms with E-state index in [2.05, 4.69) is 15.3 Å². The molecular weight excluding hydrogens is 250 g/mol. The van der Waals surface area contributed by atoms with Gasteiger partial charge in [0.1, 0.15) is 11.6 Å². The van der Waals surface area contributed by atoms with Gasteiger partial charge in [0.05, 0.1) is 0 Å². The van der Waals surface area contributed by atoms with Crippen LogP contribution in [0.3, 0.4) is 0 Å². The maximum atomic E-state index is 5.63. The Labute approximate surface area is 117 Å². The third kappa shape index (κ3) is 3.11. The first-order chi connectivity index (χ1) is 9.90. The number of anilines is 2. The van der Waals surface area contributed by atoms with Crippen molar-refractivity contribution in [3.63, 3.8) is 0 Å². The summed E-state index contributed by atoms with van der Waals surface area (Å²) in [5, 5.41) is 3.21. The molecule has 0 aliphatic rings. The smallest absolute Gasteiger partial charge is 0.219 e. The molecule has 3 aromatic rings. The maximum absolute atomic E-state index is 5.63. The molecular formula is C16H13N3O. The van der Waals surface area contributed by atoms with Gasteiger partial charge in [-0.1, -0.05) is 12.1 Å². The minimum Gasteiger partial charge on any atom is -0.439 e. The molecule has 0 atom stereocenters. The third-order valence-electron chi connectivity index (χ3n) is 2.65. The number of nitrogens with one attached hydrogen (secondary N) is 1. The van der Waals surface area contributed by atoms with Crippen LogP contribution in [0.15, 0.2) is 73.1 Å². The Morgan fingerprint density at radius 1 is 0.750 bits per heavy atom. The number of hydrogen-bond acceptors (Lipinski definition) is 4. The first-order valence-electron chi connectivity index (χ1n) is 6.27. The molecule has 1 aromatic carbocycles. The highest BCUT2D eigenvalue weighted by Crippen LogP contribution is 2.22. The lowest BCUT2D eigenvalue weighted by Gasteiger charge is -2.07.